The maximum absolute atomic E-state index is 5.73. The number of benzene rings is 1. The second-order valence-electron chi connectivity index (χ2n) is 6.28. The molecule has 0 bridgehead atoms. The van der Waals surface area contributed by atoms with Crippen LogP contribution in [0.2, 0.25) is 0 Å². The number of aliphatic imine (C=N–C) groups is 1. The first-order chi connectivity index (χ1) is 13.3. The molecule has 0 aliphatic carbocycles. The van der Waals surface area contributed by atoms with Gasteiger partial charge >= 0.3 is 0 Å². The van der Waals surface area contributed by atoms with E-state index in [4.69, 9.17) is 13.9 Å². The van der Waals surface area contributed by atoms with Crippen molar-refractivity contribution >= 4 is 29.9 Å². The average molecular weight is 501 g/mol. The van der Waals surface area contributed by atoms with Crippen molar-refractivity contribution in [2.75, 3.05) is 33.4 Å². The van der Waals surface area contributed by atoms with E-state index in [2.05, 4.69) is 34.7 Å². The van der Waals surface area contributed by atoms with Crippen molar-refractivity contribution < 1.29 is 13.9 Å². The van der Waals surface area contributed by atoms with Crippen molar-refractivity contribution in [2.45, 2.75) is 32.8 Å². The van der Waals surface area contributed by atoms with Gasteiger partial charge in [-0.05, 0) is 50.5 Å². The van der Waals surface area contributed by atoms with Crippen LogP contribution in [0, 0.1) is 6.92 Å². The van der Waals surface area contributed by atoms with Crippen LogP contribution in [-0.2, 0) is 11.3 Å². The van der Waals surface area contributed by atoms with Crippen molar-refractivity contribution in [1.29, 1.82) is 0 Å². The molecule has 0 saturated carbocycles. The lowest BCUT2D eigenvalue weighted by atomic mass is 10.2. The molecule has 2 aromatic rings. The van der Waals surface area contributed by atoms with Gasteiger partial charge in [0.1, 0.15) is 18.1 Å². The monoisotopic (exact) mass is 501 g/mol. The standard InChI is InChI=1S/C21H31N3O3.HI/c1-18-8-10-19(11-9-18)26-15-4-3-12-23-21(22-2)24-13-6-14-25-17-20-7-5-16-27-20;/h5,7-11,16H,3-4,6,12-15,17H2,1-2H3,(H2,22,23,24);1H. The molecule has 0 fully saturated rings. The highest BCUT2D eigenvalue weighted by atomic mass is 127. The molecule has 1 aromatic carbocycles. The Kier molecular flexibility index (Phi) is 13.2. The summed E-state index contributed by atoms with van der Waals surface area (Å²) in [7, 11) is 1.78. The predicted octanol–water partition coefficient (Wildman–Crippen LogP) is 4.14. The van der Waals surface area contributed by atoms with E-state index in [-0.39, 0.29) is 24.0 Å². The fraction of sp³-hybridized carbons (Fsp3) is 0.476. The van der Waals surface area contributed by atoms with E-state index < -0.39 is 0 Å². The Morgan fingerprint density at radius 1 is 1.00 bits per heavy atom. The number of unbranched alkanes of at least 4 members (excludes halogenated alkanes) is 1. The highest BCUT2D eigenvalue weighted by molar-refractivity contribution is 14.0. The van der Waals surface area contributed by atoms with Crippen LogP contribution in [-0.4, -0.2) is 39.3 Å². The first-order valence-corrected chi connectivity index (χ1v) is 9.52. The SMILES string of the molecule is CN=C(NCCCCOc1ccc(C)cc1)NCCCOCc1ccco1.I. The largest absolute Gasteiger partial charge is 0.494 e. The summed E-state index contributed by atoms with van der Waals surface area (Å²) in [6.45, 7) is 5.68. The topological polar surface area (TPSA) is 68.0 Å². The number of rotatable bonds is 12. The molecule has 1 aromatic heterocycles. The van der Waals surface area contributed by atoms with Gasteiger partial charge in [-0.2, -0.15) is 0 Å². The lowest BCUT2D eigenvalue weighted by Gasteiger charge is -2.12. The van der Waals surface area contributed by atoms with Gasteiger partial charge in [0, 0.05) is 26.7 Å². The minimum atomic E-state index is 0. The van der Waals surface area contributed by atoms with Gasteiger partial charge in [0.25, 0.3) is 0 Å². The Bertz CT molecular complexity index is 645. The highest BCUT2D eigenvalue weighted by Crippen LogP contribution is 2.11. The number of ether oxygens (including phenoxy) is 2. The molecule has 0 radical (unpaired) electrons. The summed E-state index contributed by atoms with van der Waals surface area (Å²) in [6, 6.07) is 11.9. The molecule has 0 aliphatic heterocycles. The second-order valence-corrected chi connectivity index (χ2v) is 6.28. The smallest absolute Gasteiger partial charge is 0.190 e. The number of aryl methyl sites for hydroxylation is 1. The third-order valence-corrected chi connectivity index (χ3v) is 3.96. The normalized spacial score (nSPS) is 11.0. The molecule has 0 atom stereocenters. The van der Waals surface area contributed by atoms with Gasteiger partial charge in [0.2, 0.25) is 0 Å². The van der Waals surface area contributed by atoms with Gasteiger partial charge in [-0.25, -0.2) is 0 Å². The fourth-order valence-electron chi connectivity index (χ4n) is 2.43. The maximum atomic E-state index is 5.73. The number of guanidine groups is 1. The van der Waals surface area contributed by atoms with E-state index in [9.17, 15) is 0 Å². The van der Waals surface area contributed by atoms with Gasteiger partial charge in [0.05, 0.1) is 12.9 Å². The second kappa shape index (κ2) is 15.2. The van der Waals surface area contributed by atoms with Crippen molar-refractivity contribution in [2.24, 2.45) is 4.99 Å². The van der Waals surface area contributed by atoms with E-state index in [0.29, 0.717) is 13.2 Å². The van der Waals surface area contributed by atoms with Crippen LogP contribution < -0.4 is 15.4 Å². The number of nitrogens with zero attached hydrogens (tertiary/aromatic N) is 1. The molecule has 2 N–H and O–H groups in total. The van der Waals surface area contributed by atoms with Crippen molar-refractivity contribution in [1.82, 2.24) is 10.6 Å². The van der Waals surface area contributed by atoms with Gasteiger partial charge in [-0.15, -0.1) is 24.0 Å². The van der Waals surface area contributed by atoms with Crippen LogP contribution >= 0.6 is 24.0 Å². The number of furan rings is 1. The fourth-order valence-corrected chi connectivity index (χ4v) is 2.43. The molecule has 0 saturated heterocycles. The third kappa shape index (κ3) is 10.6. The lowest BCUT2D eigenvalue weighted by Crippen LogP contribution is -2.38. The van der Waals surface area contributed by atoms with Crippen LogP contribution in [0.15, 0.2) is 52.1 Å². The molecule has 0 spiro atoms. The van der Waals surface area contributed by atoms with E-state index in [1.54, 1.807) is 13.3 Å². The van der Waals surface area contributed by atoms with E-state index in [1.165, 1.54) is 5.56 Å². The molecule has 7 heteroatoms. The predicted molar refractivity (Wildman–Crippen MR) is 124 cm³/mol. The van der Waals surface area contributed by atoms with Crippen molar-refractivity contribution in [3.8, 4) is 5.75 Å². The Hall–Kier alpha value is -1.74. The van der Waals surface area contributed by atoms with Gasteiger partial charge in [-0.3, -0.25) is 4.99 Å². The Morgan fingerprint density at radius 2 is 1.75 bits per heavy atom. The quantitative estimate of drug-likeness (QED) is 0.198. The zero-order valence-corrected chi connectivity index (χ0v) is 19.1. The summed E-state index contributed by atoms with van der Waals surface area (Å²) >= 11 is 0. The average Bonchev–Trinajstić information content (AvgIpc) is 3.20. The van der Waals surface area contributed by atoms with Crippen molar-refractivity contribution in [3.05, 3.63) is 54.0 Å². The summed E-state index contributed by atoms with van der Waals surface area (Å²) in [5.41, 5.74) is 1.24. The van der Waals surface area contributed by atoms with Gasteiger partial charge < -0.3 is 24.5 Å². The van der Waals surface area contributed by atoms with Gasteiger partial charge in [0.15, 0.2) is 5.96 Å². The van der Waals surface area contributed by atoms with Crippen LogP contribution in [0.3, 0.4) is 0 Å². The number of nitrogens with one attached hydrogen (secondary N) is 2. The first kappa shape index (κ1) is 24.3. The Balaban J connectivity index is 0.00000392. The molecule has 156 valence electrons. The van der Waals surface area contributed by atoms with E-state index in [1.807, 2.05) is 24.3 Å². The summed E-state index contributed by atoms with van der Waals surface area (Å²) in [5, 5.41) is 6.61. The lowest BCUT2D eigenvalue weighted by molar-refractivity contribution is 0.105. The summed E-state index contributed by atoms with van der Waals surface area (Å²) in [4.78, 5) is 4.23. The van der Waals surface area contributed by atoms with Crippen LogP contribution in [0.4, 0.5) is 0 Å². The molecule has 1 heterocycles. The zero-order chi connectivity index (χ0) is 19.2. The summed E-state index contributed by atoms with van der Waals surface area (Å²) in [5.74, 6) is 2.60. The molecule has 28 heavy (non-hydrogen) atoms. The van der Waals surface area contributed by atoms with E-state index in [0.717, 1.165) is 56.4 Å². The summed E-state index contributed by atoms with van der Waals surface area (Å²) < 4.78 is 16.5. The molecule has 0 unspecified atom stereocenters. The Labute approximate surface area is 185 Å². The highest BCUT2D eigenvalue weighted by Gasteiger charge is 1.99. The minimum Gasteiger partial charge on any atom is -0.494 e. The molecule has 0 amide bonds. The van der Waals surface area contributed by atoms with Crippen molar-refractivity contribution in [3.63, 3.8) is 0 Å². The zero-order valence-electron chi connectivity index (χ0n) is 16.8. The van der Waals surface area contributed by atoms with Gasteiger partial charge in [-0.1, -0.05) is 17.7 Å². The molecular weight excluding hydrogens is 469 g/mol. The number of hydrogen-bond acceptors (Lipinski definition) is 4. The summed E-state index contributed by atoms with van der Waals surface area (Å²) in [6.07, 6.45) is 4.59. The van der Waals surface area contributed by atoms with E-state index >= 15 is 0 Å². The molecule has 6 nitrogen and oxygen atoms in total. The number of halogens is 1. The number of hydrogen-bond donors (Lipinski definition) is 2. The first-order valence-electron chi connectivity index (χ1n) is 9.52. The van der Waals surface area contributed by atoms with Crippen LogP contribution in [0.25, 0.3) is 0 Å². The third-order valence-electron chi connectivity index (χ3n) is 3.96. The van der Waals surface area contributed by atoms with Crippen LogP contribution in [0.1, 0.15) is 30.6 Å². The maximum Gasteiger partial charge on any atom is 0.190 e. The minimum absolute atomic E-state index is 0. The molecular formula is C21H32IN3O3. The Morgan fingerprint density at radius 3 is 2.43 bits per heavy atom. The molecule has 0 aliphatic rings. The van der Waals surface area contributed by atoms with Crippen LogP contribution in [0.5, 0.6) is 5.75 Å². The molecule has 2 rings (SSSR count).